The lowest BCUT2D eigenvalue weighted by Gasteiger charge is -2.36. The number of piperidine rings is 1. The molecule has 2 saturated heterocycles. The van der Waals surface area contributed by atoms with Crippen LogP contribution in [0.4, 0.5) is 9.18 Å². The number of nitrogens with zero attached hydrogens (tertiary/aromatic N) is 2. The van der Waals surface area contributed by atoms with E-state index in [9.17, 15) is 18.8 Å². The van der Waals surface area contributed by atoms with Crippen LogP contribution in [0.15, 0.2) is 54.6 Å². The lowest BCUT2D eigenvalue weighted by molar-refractivity contribution is -0.133. The first-order valence-electron chi connectivity index (χ1n) is 10.9. The summed E-state index contributed by atoms with van der Waals surface area (Å²) < 4.78 is 13.1. The Morgan fingerprint density at radius 3 is 2.38 bits per heavy atom. The molecule has 2 fully saturated rings. The Kier molecular flexibility index (Phi) is 6.50. The molecule has 7 nitrogen and oxygen atoms in total. The summed E-state index contributed by atoms with van der Waals surface area (Å²) in [5, 5.41) is 5.80. The summed E-state index contributed by atoms with van der Waals surface area (Å²) in [7, 11) is 0. The number of imide groups is 1. The van der Waals surface area contributed by atoms with Gasteiger partial charge < -0.3 is 10.6 Å². The molecule has 32 heavy (non-hydrogen) atoms. The van der Waals surface area contributed by atoms with Crippen molar-refractivity contribution in [2.24, 2.45) is 0 Å². The molecule has 2 aliphatic rings. The fourth-order valence-electron chi connectivity index (χ4n) is 4.27. The van der Waals surface area contributed by atoms with E-state index in [1.165, 1.54) is 22.6 Å². The third kappa shape index (κ3) is 4.96. The molecule has 0 atom stereocenters. The number of carbonyl (C=O) groups is 3. The Hall–Kier alpha value is -3.26. The van der Waals surface area contributed by atoms with Gasteiger partial charge in [0.25, 0.3) is 5.91 Å². The van der Waals surface area contributed by atoms with Crippen LogP contribution in [-0.4, -0.2) is 59.4 Å². The van der Waals surface area contributed by atoms with Crippen LogP contribution in [0.1, 0.15) is 24.0 Å². The summed E-state index contributed by atoms with van der Waals surface area (Å²) in [5.74, 6) is -0.658. The summed E-state index contributed by atoms with van der Waals surface area (Å²) in [6, 6.07) is 15.3. The Morgan fingerprint density at radius 1 is 1.00 bits per heavy atom. The first-order chi connectivity index (χ1) is 15.4. The minimum absolute atomic E-state index is 0.0448. The first kappa shape index (κ1) is 22.0. The number of amides is 4. The second-order valence-corrected chi connectivity index (χ2v) is 8.39. The smallest absolute Gasteiger partial charge is 0.325 e. The fraction of sp³-hybridized carbons (Fsp3) is 0.375. The Labute approximate surface area is 186 Å². The summed E-state index contributed by atoms with van der Waals surface area (Å²) in [6.07, 6.45) is 1.68. The zero-order valence-electron chi connectivity index (χ0n) is 17.9. The van der Waals surface area contributed by atoms with E-state index < -0.39 is 11.6 Å². The highest BCUT2D eigenvalue weighted by atomic mass is 19.1. The quantitative estimate of drug-likeness (QED) is 0.649. The second-order valence-electron chi connectivity index (χ2n) is 8.39. The molecule has 2 heterocycles. The molecule has 4 rings (SSSR count). The Balaban J connectivity index is 1.25. The van der Waals surface area contributed by atoms with Crippen molar-refractivity contribution in [1.29, 1.82) is 0 Å². The van der Waals surface area contributed by atoms with Crippen LogP contribution in [0.25, 0.3) is 0 Å². The standard InChI is InChI=1S/C24H27FN4O3/c25-20-8-6-19(7-9-20)16-29-22(31)24(27-23(29)32)11-14-28(15-12-24)17-21(30)26-13-10-18-4-2-1-3-5-18/h1-9H,10-17H2,(H,26,30)(H,27,32). The average molecular weight is 439 g/mol. The molecule has 0 aromatic heterocycles. The summed E-state index contributed by atoms with van der Waals surface area (Å²) in [5.41, 5.74) is 0.946. The third-order valence-corrected chi connectivity index (χ3v) is 6.16. The van der Waals surface area contributed by atoms with E-state index >= 15 is 0 Å². The highest BCUT2D eigenvalue weighted by Crippen LogP contribution is 2.30. The van der Waals surface area contributed by atoms with Gasteiger partial charge in [-0.05, 0) is 42.5 Å². The molecule has 1 spiro atoms. The van der Waals surface area contributed by atoms with Crippen molar-refractivity contribution in [2.75, 3.05) is 26.2 Å². The van der Waals surface area contributed by atoms with Crippen molar-refractivity contribution in [3.8, 4) is 0 Å². The molecule has 4 amide bonds. The van der Waals surface area contributed by atoms with Gasteiger partial charge in [-0.1, -0.05) is 42.5 Å². The summed E-state index contributed by atoms with van der Waals surface area (Å²) in [6.45, 7) is 2.05. The van der Waals surface area contributed by atoms with Crippen molar-refractivity contribution in [1.82, 2.24) is 20.4 Å². The van der Waals surface area contributed by atoms with E-state index in [1.54, 1.807) is 12.1 Å². The largest absolute Gasteiger partial charge is 0.355 e. The van der Waals surface area contributed by atoms with Gasteiger partial charge in [0, 0.05) is 19.6 Å². The lowest BCUT2D eigenvalue weighted by Crippen LogP contribution is -2.56. The number of halogens is 1. The van der Waals surface area contributed by atoms with E-state index in [0.717, 1.165) is 6.42 Å². The van der Waals surface area contributed by atoms with Gasteiger partial charge in [-0.15, -0.1) is 0 Å². The zero-order valence-corrected chi connectivity index (χ0v) is 17.9. The van der Waals surface area contributed by atoms with E-state index in [4.69, 9.17) is 0 Å². The summed E-state index contributed by atoms with van der Waals surface area (Å²) >= 11 is 0. The zero-order chi connectivity index (χ0) is 22.6. The van der Waals surface area contributed by atoms with Gasteiger partial charge in [0.1, 0.15) is 11.4 Å². The van der Waals surface area contributed by atoms with Gasteiger partial charge in [0.15, 0.2) is 0 Å². The van der Waals surface area contributed by atoms with Gasteiger partial charge in [0.05, 0.1) is 13.1 Å². The van der Waals surface area contributed by atoms with E-state index in [2.05, 4.69) is 10.6 Å². The third-order valence-electron chi connectivity index (χ3n) is 6.16. The number of carbonyl (C=O) groups excluding carboxylic acids is 3. The van der Waals surface area contributed by atoms with Crippen LogP contribution in [-0.2, 0) is 22.6 Å². The maximum atomic E-state index is 13.1. The van der Waals surface area contributed by atoms with Crippen LogP contribution in [0, 0.1) is 5.82 Å². The van der Waals surface area contributed by atoms with Crippen LogP contribution in [0.2, 0.25) is 0 Å². The minimum Gasteiger partial charge on any atom is -0.355 e. The summed E-state index contributed by atoms with van der Waals surface area (Å²) in [4.78, 5) is 41.0. The molecular formula is C24H27FN4O3. The number of urea groups is 1. The van der Waals surface area contributed by atoms with Gasteiger partial charge in [0.2, 0.25) is 5.91 Å². The predicted molar refractivity (Wildman–Crippen MR) is 117 cm³/mol. The maximum Gasteiger partial charge on any atom is 0.325 e. The van der Waals surface area contributed by atoms with Gasteiger partial charge in [-0.2, -0.15) is 0 Å². The van der Waals surface area contributed by atoms with Crippen molar-refractivity contribution < 1.29 is 18.8 Å². The second kappa shape index (κ2) is 9.48. The van der Waals surface area contributed by atoms with Crippen LogP contribution >= 0.6 is 0 Å². The molecule has 168 valence electrons. The molecule has 2 N–H and O–H groups in total. The van der Waals surface area contributed by atoms with Gasteiger partial charge in [-0.25, -0.2) is 9.18 Å². The topological polar surface area (TPSA) is 81.8 Å². The van der Waals surface area contributed by atoms with E-state index in [0.29, 0.717) is 38.0 Å². The van der Waals surface area contributed by atoms with Crippen molar-refractivity contribution in [3.63, 3.8) is 0 Å². The molecule has 0 saturated carbocycles. The van der Waals surface area contributed by atoms with Crippen molar-refractivity contribution in [2.45, 2.75) is 31.3 Å². The molecule has 2 aromatic rings. The van der Waals surface area contributed by atoms with Gasteiger partial charge in [-0.3, -0.25) is 19.4 Å². The highest BCUT2D eigenvalue weighted by molar-refractivity contribution is 6.07. The predicted octanol–water partition coefficient (Wildman–Crippen LogP) is 2.07. The normalized spacial score (nSPS) is 18.1. The monoisotopic (exact) mass is 438 g/mol. The first-order valence-corrected chi connectivity index (χ1v) is 10.9. The number of hydrogen-bond donors (Lipinski definition) is 2. The van der Waals surface area contributed by atoms with E-state index in [1.807, 2.05) is 35.2 Å². The Bertz CT molecular complexity index is 972. The number of benzene rings is 2. The Morgan fingerprint density at radius 2 is 1.69 bits per heavy atom. The fourth-order valence-corrected chi connectivity index (χ4v) is 4.27. The number of rotatable bonds is 7. The number of likely N-dealkylation sites (tertiary alicyclic amines) is 1. The number of nitrogens with one attached hydrogen (secondary N) is 2. The molecular weight excluding hydrogens is 411 g/mol. The van der Waals surface area contributed by atoms with Gasteiger partial charge >= 0.3 is 6.03 Å². The van der Waals surface area contributed by atoms with Crippen LogP contribution in [0.3, 0.4) is 0 Å². The molecule has 0 radical (unpaired) electrons. The molecule has 2 aromatic carbocycles. The van der Waals surface area contributed by atoms with Crippen molar-refractivity contribution >= 4 is 17.8 Å². The molecule has 0 unspecified atom stereocenters. The van der Waals surface area contributed by atoms with Crippen LogP contribution in [0.5, 0.6) is 0 Å². The van der Waals surface area contributed by atoms with E-state index in [-0.39, 0.29) is 30.7 Å². The lowest BCUT2D eigenvalue weighted by atomic mass is 9.87. The minimum atomic E-state index is -0.919. The molecule has 0 aliphatic carbocycles. The molecule has 2 aliphatic heterocycles. The molecule has 0 bridgehead atoms. The maximum absolute atomic E-state index is 13.1. The van der Waals surface area contributed by atoms with Crippen LogP contribution < -0.4 is 10.6 Å². The average Bonchev–Trinajstić information content (AvgIpc) is 3.02. The number of hydrogen-bond acceptors (Lipinski definition) is 4. The molecule has 8 heteroatoms. The highest BCUT2D eigenvalue weighted by Gasteiger charge is 2.52. The SMILES string of the molecule is O=C(CN1CCC2(CC1)NC(=O)N(Cc1ccc(F)cc1)C2=O)NCCc1ccccc1. The van der Waals surface area contributed by atoms with Crippen molar-refractivity contribution in [3.05, 3.63) is 71.5 Å².